The van der Waals surface area contributed by atoms with Crippen molar-refractivity contribution in [2.24, 2.45) is 0 Å². The molecule has 1 aromatic heterocycles. The Morgan fingerprint density at radius 2 is 1.60 bits per heavy atom. The van der Waals surface area contributed by atoms with Crippen LogP contribution in [0.25, 0.3) is 21.9 Å². The zero-order chi connectivity index (χ0) is 10.4. The lowest BCUT2D eigenvalue weighted by Crippen LogP contribution is -1.98. The Morgan fingerprint density at radius 3 is 2.40 bits per heavy atom. The predicted octanol–water partition coefficient (Wildman–Crippen LogP) is 2.15. The van der Waals surface area contributed by atoms with E-state index < -0.39 is 0 Å². The zero-order valence-electron chi connectivity index (χ0n) is 8.87. The second-order valence-corrected chi connectivity index (χ2v) is 4.10. The Balaban J connectivity index is 2.51. The Kier molecular flexibility index (Phi) is 1.66. The minimum atomic E-state index is 0.982. The van der Waals surface area contributed by atoms with E-state index in [2.05, 4.69) is 51.2 Å². The van der Waals surface area contributed by atoms with Crippen LogP contribution in [0.5, 0.6) is 0 Å². The van der Waals surface area contributed by atoms with Gasteiger partial charge in [0.1, 0.15) is 19.0 Å². The van der Waals surface area contributed by atoms with E-state index in [9.17, 15) is 0 Å². The molecule has 72 valence electrons. The Hall–Kier alpha value is -1.70. The van der Waals surface area contributed by atoms with E-state index in [-0.39, 0.29) is 0 Å². The van der Waals surface area contributed by atoms with E-state index in [0.29, 0.717) is 0 Å². The van der Waals surface area contributed by atoms with Crippen LogP contribution in [0.1, 0.15) is 5.56 Å². The van der Waals surface area contributed by atoms with Gasteiger partial charge in [0, 0.05) is 10.8 Å². The fourth-order valence-electron chi connectivity index (χ4n) is 1.99. The molecule has 1 nitrogen and oxygen atoms in total. The summed E-state index contributed by atoms with van der Waals surface area (Å²) in [5.41, 5.74) is 4.43. The van der Waals surface area contributed by atoms with E-state index in [1.807, 2.05) is 0 Å². The third-order valence-corrected chi connectivity index (χ3v) is 2.78. The summed E-state index contributed by atoms with van der Waals surface area (Å²) in [6, 6.07) is 12.7. The van der Waals surface area contributed by atoms with Crippen molar-refractivity contribution in [2.45, 2.75) is 6.92 Å². The van der Waals surface area contributed by atoms with Crippen LogP contribution in [0.4, 0.5) is 0 Å². The maximum absolute atomic E-state index is 5.81. The van der Waals surface area contributed by atoms with Crippen molar-refractivity contribution in [1.29, 1.82) is 0 Å². The molecule has 0 radical (unpaired) electrons. The summed E-state index contributed by atoms with van der Waals surface area (Å²) in [6.45, 7) is 2.08. The van der Waals surface area contributed by atoms with Gasteiger partial charge in [0.25, 0.3) is 0 Å². The Bertz CT molecular complexity index is 596. The molecule has 1 heterocycles. The second kappa shape index (κ2) is 2.90. The summed E-state index contributed by atoms with van der Waals surface area (Å²) < 4.78 is 5.81. The minimum Gasteiger partial charge on any atom is -0.456 e. The van der Waals surface area contributed by atoms with Crippen LogP contribution in [0.15, 0.2) is 40.8 Å². The molecule has 0 bridgehead atoms. The molecule has 0 atom stereocenters. The lowest BCUT2D eigenvalue weighted by Gasteiger charge is -1.91. The summed E-state index contributed by atoms with van der Waals surface area (Å²) in [4.78, 5) is 0. The molecule has 0 spiro atoms. The van der Waals surface area contributed by atoms with Crippen LogP contribution >= 0.6 is 0 Å². The van der Waals surface area contributed by atoms with Crippen LogP contribution < -0.4 is 5.46 Å². The molecule has 0 saturated heterocycles. The van der Waals surface area contributed by atoms with Crippen LogP contribution in [-0.4, -0.2) is 7.85 Å². The van der Waals surface area contributed by atoms with Crippen LogP contribution in [-0.2, 0) is 0 Å². The SMILES string of the molecule is Bc1ccc2c(c1)oc1cc(C)ccc12. The van der Waals surface area contributed by atoms with Gasteiger partial charge in [-0.05, 0) is 24.6 Å². The summed E-state index contributed by atoms with van der Waals surface area (Å²) in [7, 11) is 2.08. The highest BCUT2D eigenvalue weighted by atomic mass is 16.3. The molecule has 3 rings (SSSR count). The van der Waals surface area contributed by atoms with Gasteiger partial charge < -0.3 is 4.42 Å². The number of aryl methyl sites for hydroxylation is 1. The quantitative estimate of drug-likeness (QED) is 0.499. The summed E-state index contributed by atoms with van der Waals surface area (Å²) in [5, 5.41) is 2.41. The zero-order valence-corrected chi connectivity index (χ0v) is 8.87. The van der Waals surface area contributed by atoms with Crippen molar-refractivity contribution < 1.29 is 4.42 Å². The van der Waals surface area contributed by atoms with Gasteiger partial charge in [0.2, 0.25) is 0 Å². The molecule has 3 aromatic rings. The van der Waals surface area contributed by atoms with Crippen LogP contribution in [0.2, 0.25) is 0 Å². The van der Waals surface area contributed by atoms with Gasteiger partial charge in [0.05, 0.1) is 0 Å². The van der Waals surface area contributed by atoms with Crippen molar-refractivity contribution in [1.82, 2.24) is 0 Å². The molecular formula is C13H11BO. The molecule has 0 N–H and O–H groups in total. The molecule has 15 heavy (non-hydrogen) atoms. The minimum absolute atomic E-state index is 0.982. The van der Waals surface area contributed by atoms with Gasteiger partial charge in [-0.25, -0.2) is 0 Å². The number of benzene rings is 2. The fourth-order valence-corrected chi connectivity index (χ4v) is 1.99. The van der Waals surface area contributed by atoms with Gasteiger partial charge in [-0.1, -0.05) is 29.7 Å². The Morgan fingerprint density at radius 1 is 0.933 bits per heavy atom. The summed E-state index contributed by atoms with van der Waals surface area (Å²) in [5.74, 6) is 0. The van der Waals surface area contributed by atoms with E-state index in [4.69, 9.17) is 4.42 Å². The number of furan rings is 1. The first kappa shape index (κ1) is 8.60. The standard InChI is InChI=1S/C13H11BO/c1-8-2-4-10-11-5-3-9(14)7-13(11)15-12(10)6-8/h2-7H,14H2,1H3. The van der Waals surface area contributed by atoms with Crippen molar-refractivity contribution in [2.75, 3.05) is 0 Å². The van der Waals surface area contributed by atoms with Crippen LogP contribution in [0, 0.1) is 6.92 Å². The summed E-state index contributed by atoms with van der Waals surface area (Å²) in [6.07, 6.45) is 0. The van der Waals surface area contributed by atoms with Gasteiger partial charge in [-0.3, -0.25) is 0 Å². The third-order valence-electron chi connectivity index (χ3n) is 2.78. The Labute approximate surface area is 89.1 Å². The van der Waals surface area contributed by atoms with Gasteiger partial charge in [0.15, 0.2) is 0 Å². The van der Waals surface area contributed by atoms with Crippen molar-refractivity contribution >= 4 is 35.2 Å². The lowest BCUT2D eigenvalue weighted by atomic mass is 9.95. The van der Waals surface area contributed by atoms with Crippen molar-refractivity contribution in [3.8, 4) is 0 Å². The predicted molar refractivity (Wildman–Crippen MR) is 66.6 cm³/mol. The number of fused-ring (bicyclic) bond motifs is 3. The molecule has 0 aliphatic heterocycles. The van der Waals surface area contributed by atoms with E-state index >= 15 is 0 Å². The largest absolute Gasteiger partial charge is 0.456 e. The highest BCUT2D eigenvalue weighted by molar-refractivity contribution is 6.33. The smallest absolute Gasteiger partial charge is 0.139 e. The molecular weight excluding hydrogens is 183 g/mol. The average Bonchev–Trinajstić information content (AvgIpc) is 2.53. The molecule has 0 aliphatic rings. The van der Waals surface area contributed by atoms with Gasteiger partial charge in [-0.15, -0.1) is 0 Å². The van der Waals surface area contributed by atoms with Crippen molar-refractivity contribution in [3.05, 3.63) is 42.0 Å². The first-order chi connectivity index (χ1) is 7.24. The highest BCUT2D eigenvalue weighted by Gasteiger charge is 2.05. The number of hydrogen-bond donors (Lipinski definition) is 0. The molecule has 2 heteroatoms. The fraction of sp³-hybridized carbons (Fsp3) is 0.0769. The van der Waals surface area contributed by atoms with E-state index in [0.717, 1.165) is 11.2 Å². The maximum Gasteiger partial charge on any atom is 0.139 e. The maximum atomic E-state index is 5.81. The highest BCUT2D eigenvalue weighted by Crippen LogP contribution is 2.28. The van der Waals surface area contributed by atoms with Gasteiger partial charge in [-0.2, -0.15) is 0 Å². The molecule has 0 fully saturated rings. The topological polar surface area (TPSA) is 13.1 Å². The molecule has 0 aliphatic carbocycles. The normalized spacial score (nSPS) is 11.3. The first-order valence-electron chi connectivity index (χ1n) is 5.13. The third kappa shape index (κ3) is 1.25. The van der Waals surface area contributed by atoms with Crippen molar-refractivity contribution in [3.63, 3.8) is 0 Å². The second-order valence-electron chi connectivity index (χ2n) is 4.10. The number of hydrogen-bond acceptors (Lipinski definition) is 1. The molecule has 0 saturated carbocycles. The average molecular weight is 194 g/mol. The van der Waals surface area contributed by atoms with E-state index in [1.165, 1.54) is 21.8 Å². The monoisotopic (exact) mass is 194 g/mol. The lowest BCUT2D eigenvalue weighted by molar-refractivity contribution is 0.669. The molecule has 2 aromatic carbocycles. The van der Waals surface area contributed by atoms with Crippen LogP contribution in [0.3, 0.4) is 0 Å². The molecule has 0 amide bonds. The molecule has 0 unspecified atom stereocenters. The van der Waals surface area contributed by atoms with E-state index in [1.54, 1.807) is 0 Å². The summed E-state index contributed by atoms with van der Waals surface area (Å²) >= 11 is 0. The first-order valence-corrected chi connectivity index (χ1v) is 5.13. The van der Waals surface area contributed by atoms with Gasteiger partial charge >= 0.3 is 0 Å². The number of rotatable bonds is 0.